The number of carboxylic acid groups (broad SMARTS) is 1. The van der Waals surface area contributed by atoms with E-state index >= 15 is 0 Å². The van der Waals surface area contributed by atoms with E-state index in [0.29, 0.717) is 24.9 Å². The fourth-order valence-electron chi connectivity index (χ4n) is 2.49. The molecule has 5 heteroatoms. The number of aromatic carboxylic acids is 1. The first kappa shape index (κ1) is 15.3. The van der Waals surface area contributed by atoms with Crippen molar-refractivity contribution in [2.24, 2.45) is 0 Å². The highest BCUT2D eigenvalue weighted by Crippen LogP contribution is 2.22. The van der Waals surface area contributed by atoms with Crippen molar-refractivity contribution in [3.63, 3.8) is 0 Å². The lowest BCUT2D eigenvalue weighted by atomic mass is 9.98. The van der Waals surface area contributed by atoms with Gasteiger partial charge in [0.25, 0.3) is 0 Å². The number of hydrogen-bond donors (Lipinski definition) is 2. The average molecular weight is 342 g/mol. The molecule has 0 amide bonds. The van der Waals surface area contributed by atoms with Gasteiger partial charge in [-0.25, -0.2) is 4.79 Å². The molecular formula is C15H20BrNO3. The van der Waals surface area contributed by atoms with E-state index in [9.17, 15) is 4.79 Å². The molecule has 0 aromatic heterocycles. The highest BCUT2D eigenvalue weighted by atomic mass is 79.9. The summed E-state index contributed by atoms with van der Waals surface area (Å²) in [5.74, 6) is -0.929. The highest BCUT2D eigenvalue weighted by molar-refractivity contribution is 9.10. The molecule has 0 bridgehead atoms. The molecule has 0 heterocycles. The molecule has 0 atom stereocenters. The van der Waals surface area contributed by atoms with Gasteiger partial charge < -0.3 is 15.2 Å². The number of hydrogen-bond acceptors (Lipinski definition) is 3. The molecule has 1 aliphatic carbocycles. The third kappa shape index (κ3) is 4.49. The molecule has 1 aromatic rings. The average Bonchev–Trinajstić information content (AvgIpc) is 2.45. The van der Waals surface area contributed by atoms with Crippen LogP contribution in [0, 0.1) is 0 Å². The van der Waals surface area contributed by atoms with E-state index in [1.165, 1.54) is 19.3 Å². The van der Waals surface area contributed by atoms with Crippen LogP contribution in [0.15, 0.2) is 22.7 Å². The minimum atomic E-state index is -0.929. The van der Waals surface area contributed by atoms with Crippen LogP contribution in [0.2, 0.25) is 0 Å². The van der Waals surface area contributed by atoms with Gasteiger partial charge in [0.15, 0.2) is 0 Å². The zero-order valence-corrected chi connectivity index (χ0v) is 13.0. The van der Waals surface area contributed by atoms with Gasteiger partial charge in [-0.3, -0.25) is 0 Å². The summed E-state index contributed by atoms with van der Waals surface area (Å²) in [6.45, 7) is 1.23. The lowest BCUT2D eigenvalue weighted by Crippen LogP contribution is -2.21. The summed E-state index contributed by atoms with van der Waals surface area (Å²) in [7, 11) is 0. The van der Waals surface area contributed by atoms with Crippen LogP contribution in [0.1, 0.15) is 42.5 Å². The van der Waals surface area contributed by atoms with Crippen LogP contribution in [0.25, 0.3) is 0 Å². The number of anilines is 1. The SMILES string of the molecule is O=C(O)c1cc(Br)ccc1NCCOC1CCCCC1. The van der Waals surface area contributed by atoms with Crippen LogP contribution in [0.5, 0.6) is 0 Å². The van der Waals surface area contributed by atoms with Crippen LogP contribution in [-0.2, 0) is 4.74 Å². The molecule has 1 fully saturated rings. The van der Waals surface area contributed by atoms with Gasteiger partial charge in [0.1, 0.15) is 0 Å². The number of ether oxygens (including phenoxy) is 1. The number of carboxylic acids is 1. The predicted octanol–water partition coefficient (Wildman–Crippen LogP) is 3.91. The second-order valence-electron chi connectivity index (χ2n) is 5.05. The Morgan fingerprint density at radius 3 is 2.80 bits per heavy atom. The Balaban J connectivity index is 1.80. The monoisotopic (exact) mass is 341 g/mol. The van der Waals surface area contributed by atoms with Crippen LogP contribution in [-0.4, -0.2) is 30.3 Å². The van der Waals surface area contributed by atoms with Gasteiger partial charge in [0.2, 0.25) is 0 Å². The molecule has 110 valence electrons. The molecule has 2 rings (SSSR count). The Labute approximate surface area is 127 Å². The largest absolute Gasteiger partial charge is 0.478 e. The first-order valence-electron chi connectivity index (χ1n) is 7.05. The molecule has 2 N–H and O–H groups in total. The summed E-state index contributed by atoms with van der Waals surface area (Å²) < 4.78 is 6.57. The van der Waals surface area contributed by atoms with Gasteiger partial charge in [-0.05, 0) is 31.0 Å². The minimum absolute atomic E-state index is 0.275. The van der Waals surface area contributed by atoms with Crippen molar-refractivity contribution < 1.29 is 14.6 Å². The van der Waals surface area contributed by atoms with Crippen LogP contribution in [0.4, 0.5) is 5.69 Å². The quantitative estimate of drug-likeness (QED) is 0.770. The fourth-order valence-corrected chi connectivity index (χ4v) is 2.85. The third-order valence-electron chi connectivity index (χ3n) is 3.54. The van der Waals surface area contributed by atoms with Gasteiger partial charge in [-0.2, -0.15) is 0 Å². The number of halogens is 1. The smallest absolute Gasteiger partial charge is 0.337 e. The topological polar surface area (TPSA) is 58.6 Å². The second-order valence-corrected chi connectivity index (χ2v) is 5.97. The number of carbonyl (C=O) groups is 1. The maximum Gasteiger partial charge on any atom is 0.337 e. The van der Waals surface area contributed by atoms with E-state index in [4.69, 9.17) is 9.84 Å². The Kier molecular flexibility index (Phi) is 5.86. The van der Waals surface area contributed by atoms with E-state index in [-0.39, 0.29) is 5.56 Å². The third-order valence-corrected chi connectivity index (χ3v) is 4.03. The first-order chi connectivity index (χ1) is 9.66. The number of rotatable bonds is 6. The summed E-state index contributed by atoms with van der Waals surface area (Å²) >= 11 is 3.28. The van der Waals surface area contributed by atoms with Gasteiger partial charge in [0, 0.05) is 16.7 Å². The van der Waals surface area contributed by atoms with Crippen molar-refractivity contribution in [3.05, 3.63) is 28.2 Å². The molecule has 0 radical (unpaired) electrons. The highest BCUT2D eigenvalue weighted by Gasteiger charge is 2.14. The first-order valence-corrected chi connectivity index (χ1v) is 7.84. The summed E-state index contributed by atoms with van der Waals surface area (Å²) in [6.07, 6.45) is 6.52. The number of benzene rings is 1. The standard InChI is InChI=1S/C15H20BrNO3/c16-11-6-7-14(13(10-11)15(18)19)17-8-9-20-12-4-2-1-3-5-12/h6-7,10,12,17H,1-5,8-9H2,(H,18,19). The molecule has 20 heavy (non-hydrogen) atoms. The Bertz CT molecular complexity index is 458. The van der Waals surface area contributed by atoms with Crippen molar-refractivity contribution >= 4 is 27.6 Å². The van der Waals surface area contributed by atoms with Crippen LogP contribution in [0.3, 0.4) is 0 Å². The van der Waals surface area contributed by atoms with Gasteiger partial charge in [0.05, 0.1) is 18.3 Å². The van der Waals surface area contributed by atoms with Crippen molar-refractivity contribution in [3.8, 4) is 0 Å². The lowest BCUT2D eigenvalue weighted by Gasteiger charge is -2.22. The molecule has 0 unspecified atom stereocenters. The van der Waals surface area contributed by atoms with Crippen LogP contribution < -0.4 is 5.32 Å². The molecule has 0 spiro atoms. The summed E-state index contributed by atoms with van der Waals surface area (Å²) in [4.78, 5) is 11.2. The van der Waals surface area contributed by atoms with Gasteiger partial charge in [-0.1, -0.05) is 35.2 Å². The molecule has 0 aliphatic heterocycles. The summed E-state index contributed by atoms with van der Waals surface area (Å²) in [6, 6.07) is 5.21. The molecule has 0 saturated heterocycles. The lowest BCUT2D eigenvalue weighted by molar-refractivity contribution is 0.0347. The van der Waals surface area contributed by atoms with Gasteiger partial charge in [-0.15, -0.1) is 0 Å². The van der Waals surface area contributed by atoms with E-state index < -0.39 is 5.97 Å². The van der Waals surface area contributed by atoms with Gasteiger partial charge >= 0.3 is 5.97 Å². The van der Waals surface area contributed by atoms with E-state index in [0.717, 1.165) is 17.3 Å². The Hall–Kier alpha value is -1.07. The van der Waals surface area contributed by atoms with Crippen molar-refractivity contribution in [2.45, 2.75) is 38.2 Å². The number of nitrogens with one attached hydrogen (secondary N) is 1. The molecule has 1 aliphatic rings. The van der Waals surface area contributed by atoms with E-state index in [1.807, 2.05) is 6.07 Å². The minimum Gasteiger partial charge on any atom is -0.478 e. The molecule has 1 saturated carbocycles. The Morgan fingerprint density at radius 2 is 2.10 bits per heavy atom. The maximum atomic E-state index is 11.2. The molecule has 4 nitrogen and oxygen atoms in total. The fraction of sp³-hybridized carbons (Fsp3) is 0.533. The van der Waals surface area contributed by atoms with Crippen molar-refractivity contribution in [1.29, 1.82) is 0 Å². The van der Waals surface area contributed by atoms with Crippen molar-refractivity contribution in [2.75, 3.05) is 18.5 Å². The molecule has 1 aromatic carbocycles. The zero-order chi connectivity index (χ0) is 14.4. The summed E-state index contributed by atoms with van der Waals surface area (Å²) in [5.41, 5.74) is 0.907. The maximum absolute atomic E-state index is 11.2. The summed E-state index contributed by atoms with van der Waals surface area (Å²) in [5, 5.41) is 12.3. The predicted molar refractivity (Wildman–Crippen MR) is 82.4 cm³/mol. The molecular weight excluding hydrogens is 322 g/mol. The Morgan fingerprint density at radius 1 is 1.35 bits per heavy atom. The normalized spacial score (nSPS) is 16.1. The van der Waals surface area contributed by atoms with Crippen LogP contribution >= 0.6 is 15.9 Å². The second kappa shape index (κ2) is 7.64. The van der Waals surface area contributed by atoms with E-state index in [1.54, 1.807) is 12.1 Å². The van der Waals surface area contributed by atoms with Crippen molar-refractivity contribution in [1.82, 2.24) is 0 Å². The zero-order valence-electron chi connectivity index (χ0n) is 11.4. The van der Waals surface area contributed by atoms with E-state index in [2.05, 4.69) is 21.2 Å².